The Morgan fingerprint density at radius 2 is 2.15 bits per heavy atom. The minimum Gasteiger partial charge on any atom is -0.345 e. The molecule has 0 bridgehead atoms. The Kier molecular flexibility index (Phi) is 4.42. The van der Waals surface area contributed by atoms with E-state index in [1.54, 1.807) is 19.3 Å². The van der Waals surface area contributed by atoms with Crippen molar-refractivity contribution in [2.75, 3.05) is 31.1 Å². The number of nitriles is 1. The summed E-state index contributed by atoms with van der Waals surface area (Å²) in [5, 5.41) is 10.00. The van der Waals surface area contributed by atoms with Gasteiger partial charge in [0.25, 0.3) is 0 Å². The van der Waals surface area contributed by atoms with Crippen molar-refractivity contribution in [1.29, 1.82) is 5.26 Å². The number of carbonyl (C=O) groups is 1. The summed E-state index contributed by atoms with van der Waals surface area (Å²) in [6, 6.07) is 5.79. The molecular formula is C19H19N7O. The molecule has 1 saturated heterocycles. The first-order valence-electron chi connectivity index (χ1n) is 8.87. The first-order valence-corrected chi connectivity index (χ1v) is 8.87. The number of rotatable bonds is 2. The molecule has 1 aliphatic rings. The monoisotopic (exact) mass is 361 g/mol. The lowest BCUT2D eigenvalue weighted by Gasteiger charge is -2.21. The third kappa shape index (κ3) is 3.31. The molecule has 1 amide bonds. The van der Waals surface area contributed by atoms with Crippen LogP contribution in [-0.4, -0.2) is 56.9 Å². The Morgan fingerprint density at radius 1 is 1.26 bits per heavy atom. The van der Waals surface area contributed by atoms with Gasteiger partial charge < -0.3 is 14.8 Å². The zero-order valence-electron chi connectivity index (χ0n) is 15.0. The summed E-state index contributed by atoms with van der Waals surface area (Å²) >= 11 is 0. The molecule has 27 heavy (non-hydrogen) atoms. The van der Waals surface area contributed by atoms with E-state index < -0.39 is 0 Å². The highest BCUT2D eigenvalue weighted by Crippen LogP contribution is 2.27. The Hall–Kier alpha value is -3.47. The van der Waals surface area contributed by atoms with Gasteiger partial charge in [-0.25, -0.2) is 15.0 Å². The van der Waals surface area contributed by atoms with Crippen LogP contribution in [0.3, 0.4) is 0 Å². The Labute approximate surface area is 156 Å². The molecule has 136 valence electrons. The fourth-order valence-corrected chi connectivity index (χ4v) is 3.36. The second kappa shape index (κ2) is 7.03. The molecule has 8 nitrogen and oxygen atoms in total. The van der Waals surface area contributed by atoms with Gasteiger partial charge in [-0.3, -0.25) is 4.79 Å². The summed E-state index contributed by atoms with van der Waals surface area (Å²) in [4.78, 5) is 32.2. The number of aromatic amines is 1. The highest BCUT2D eigenvalue weighted by atomic mass is 16.2. The molecule has 1 aliphatic heterocycles. The third-order valence-electron chi connectivity index (χ3n) is 4.80. The number of aromatic nitrogens is 4. The fraction of sp³-hybridized carbons (Fsp3) is 0.316. The summed E-state index contributed by atoms with van der Waals surface area (Å²) in [6.07, 6.45) is 6.03. The second-order valence-corrected chi connectivity index (χ2v) is 6.52. The number of pyridine rings is 1. The number of hydrogen-bond donors (Lipinski definition) is 1. The molecule has 0 aliphatic carbocycles. The van der Waals surface area contributed by atoms with Gasteiger partial charge in [-0.05, 0) is 18.6 Å². The molecule has 0 saturated carbocycles. The molecule has 0 unspecified atom stereocenters. The van der Waals surface area contributed by atoms with Crippen LogP contribution in [0, 0.1) is 11.3 Å². The first-order chi connectivity index (χ1) is 13.2. The Balaban J connectivity index is 1.65. The van der Waals surface area contributed by atoms with Crippen LogP contribution in [-0.2, 0) is 4.79 Å². The lowest BCUT2D eigenvalue weighted by Crippen LogP contribution is -2.34. The number of hydrogen-bond acceptors (Lipinski definition) is 6. The Morgan fingerprint density at radius 3 is 2.96 bits per heavy atom. The van der Waals surface area contributed by atoms with E-state index in [0.29, 0.717) is 24.6 Å². The van der Waals surface area contributed by atoms with Crippen LogP contribution in [0.4, 0.5) is 5.95 Å². The van der Waals surface area contributed by atoms with Crippen LogP contribution in [0.1, 0.15) is 18.9 Å². The van der Waals surface area contributed by atoms with Crippen molar-refractivity contribution in [3.8, 4) is 17.3 Å². The third-order valence-corrected chi connectivity index (χ3v) is 4.80. The average Bonchev–Trinajstić information content (AvgIpc) is 2.94. The molecule has 0 aromatic carbocycles. The van der Waals surface area contributed by atoms with Crippen LogP contribution in [0.2, 0.25) is 0 Å². The second-order valence-electron chi connectivity index (χ2n) is 6.52. The van der Waals surface area contributed by atoms with E-state index in [0.717, 1.165) is 41.8 Å². The van der Waals surface area contributed by atoms with Crippen molar-refractivity contribution >= 4 is 22.9 Å². The summed E-state index contributed by atoms with van der Waals surface area (Å²) < 4.78 is 0. The van der Waals surface area contributed by atoms with Gasteiger partial charge in [0.15, 0.2) is 0 Å². The fourth-order valence-electron chi connectivity index (χ4n) is 3.36. The number of nitrogens with one attached hydrogen (secondary N) is 1. The smallest absolute Gasteiger partial charge is 0.225 e. The zero-order valence-corrected chi connectivity index (χ0v) is 15.0. The molecule has 1 fully saturated rings. The van der Waals surface area contributed by atoms with Gasteiger partial charge in [0.2, 0.25) is 11.9 Å². The van der Waals surface area contributed by atoms with Gasteiger partial charge in [0.1, 0.15) is 11.7 Å². The van der Waals surface area contributed by atoms with Crippen LogP contribution >= 0.6 is 0 Å². The lowest BCUT2D eigenvalue weighted by molar-refractivity contribution is -0.128. The summed E-state index contributed by atoms with van der Waals surface area (Å²) in [6.45, 7) is 4.55. The molecule has 0 radical (unpaired) electrons. The standard InChI is InChI=1S/C19H19N7O/c1-13(27)25-5-2-6-26(8-7-25)19-21-4-3-17(24-19)16-12-23-18-15(16)9-14(10-20)11-22-18/h3-4,9,11-12H,2,5-8H2,1H3,(H,22,23). The number of nitrogens with zero attached hydrogens (tertiary/aromatic N) is 6. The van der Waals surface area contributed by atoms with Gasteiger partial charge in [-0.2, -0.15) is 5.26 Å². The number of anilines is 1. The molecular weight excluding hydrogens is 342 g/mol. The maximum Gasteiger partial charge on any atom is 0.225 e. The number of fused-ring (bicyclic) bond motifs is 1. The van der Waals surface area contributed by atoms with E-state index in [1.807, 2.05) is 23.2 Å². The lowest BCUT2D eigenvalue weighted by atomic mass is 10.1. The first kappa shape index (κ1) is 17.0. The molecule has 8 heteroatoms. The molecule has 3 aromatic rings. The molecule has 1 N–H and O–H groups in total. The zero-order chi connectivity index (χ0) is 18.8. The quantitative estimate of drug-likeness (QED) is 0.748. The predicted octanol–water partition coefficient (Wildman–Crippen LogP) is 1.95. The van der Waals surface area contributed by atoms with Crippen LogP contribution in [0.15, 0.2) is 30.7 Å². The van der Waals surface area contributed by atoms with E-state index in [4.69, 9.17) is 10.2 Å². The van der Waals surface area contributed by atoms with E-state index >= 15 is 0 Å². The van der Waals surface area contributed by atoms with E-state index in [-0.39, 0.29) is 5.91 Å². The van der Waals surface area contributed by atoms with Gasteiger partial charge >= 0.3 is 0 Å². The molecule has 0 spiro atoms. The van der Waals surface area contributed by atoms with E-state index in [9.17, 15) is 4.79 Å². The average molecular weight is 361 g/mol. The summed E-state index contributed by atoms with van der Waals surface area (Å²) in [5.74, 6) is 0.753. The van der Waals surface area contributed by atoms with Crippen molar-refractivity contribution in [1.82, 2.24) is 24.8 Å². The largest absolute Gasteiger partial charge is 0.345 e. The van der Waals surface area contributed by atoms with Crippen molar-refractivity contribution < 1.29 is 4.79 Å². The van der Waals surface area contributed by atoms with Gasteiger partial charge in [-0.15, -0.1) is 0 Å². The maximum absolute atomic E-state index is 11.6. The maximum atomic E-state index is 11.6. The van der Waals surface area contributed by atoms with Gasteiger partial charge in [0.05, 0.1) is 11.3 Å². The minimum absolute atomic E-state index is 0.103. The van der Waals surface area contributed by atoms with Gasteiger partial charge in [0, 0.05) is 62.6 Å². The van der Waals surface area contributed by atoms with Crippen LogP contribution in [0.5, 0.6) is 0 Å². The Bertz CT molecular complexity index is 1040. The molecule has 4 heterocycles. The topological polar surface area (TPSA) is 102 Å². The number of amides is 1. The van der Waals surface area contributed by atoms with Crippen molar-refractivity contribution in [2.45, 2.75) is 13.3 Å². The van der Waals surface area contributed by atoms with E-state index in [1.165, 1.54) is 0 Å². The molecule has 3 aromatic heterocycles. The van der Waals surface area contributed by atoms with Crippen LogP contribution in [0.25, 0.3) is 22.3 Å². The van der Waals surface area contributed by atoms with Crippen molar-refractivity contribution in [3.63, 3.8) is 0 Å². The molecule has 4 rings (SSSR count). The van der Waals surface area contributed by atoms with Crippen molar-refractivity contribution in [3.05, 3.63) is 36.3 Å². The number of carbonyl (C=O) groups excluding carboxylic acids is 1. The van der Waals surface area contributed by atoms with Crippen LogP contribution < -0.4 is 4.90 Å². The highest BCUT2D eigenvalue weighted by Gasteiger charge is 2.19. The SMILES string of the molecule is CC(=O)N1CCCN(c2nccc(-c3c[nH]c4ncc(C#N)cc34)n2)CC1. The minimum atomic E-state index is 0.103. The predicted molar refractivity (Wildman–Crippen MR) is 101 cm³/mol. The van der Waals surface area contributed by atoms with E-state index in [2.05, 4.69) is 25.9 Å². The highest BCUT2D eigenvalue weighted by molar-refractivity contribution is 5.93. The van der Waals surface area contributed by atoms with Crippen molar-refractivity contribution in [2.24, 2.45) is 0 Å². The van der Waals surface area contributed by atoms with Gasteiger partial charge in [-0.1, -0.05) is 0 Å². The summed E-state index contributed by atoms with van der Waals surface area (Å²) in [5.41, 5.74) is 2.89. The molecule has 0 atom stereocenters. The normalized spacial score (nSPS) is 14.8. The summed E-state index contributed by atoms with van der Waals surface area (Å²) in [7, 11) is 0. The number of H-pyrrole nitrogens is 1.